The van der Waals surface area contributed by atoms with Crippen LogP contribution < -0.4 is 0 Å². The van der Waals surface area contributed by atoms with E-state index in [4.69, 9.17) is 5.11 Å². The van der Waals surface area contributed by atoms with E-state index < -0.39 is 18.2 Å². The molecule has 1 aliphatic carbocycles. The fraction of sp³-hybridized carbons (Fsp3) is 0.800. The standard InChI is InChI=1S/C20H34O5/c1-2-3-6-9-15(21)12-13-17-16(18(22)14-19(17)23)10-7-4-5-8-11-20(24)25/h4,7,16-19,22-23H,2-3,5-6,8-14H2,1H3,(H,24,25). The maximum atomic E-state index is 12.0. The highest BCUT2D eigenvalue weighted by atomic mass is 16.4. The minimum atomic E-state index is -0.786. The first-order chi connectivity index (χ1) is 12.0. The van der Waals surface area contributed by atoms with Crippen LogP contribution in [0.1, 0.15) is 77.6 Å². The molecule has 0 aromatic rings. The second-order valence-electron chi connectivity index (χ2n) is 7.23. The molecule has 1 aliphatic rings. The minimum Gasteiger partial charge on any atom is -0.481 e. The second kappa shape index (κ2) is 12.2. The Hall–Kier alpha value is -1.20. The first kappa shape index (κ1) is 21.8. The monoisotopic (exact) mass is 354 g/mol. The number of carbonyl (C=O) groups excluding carboxylic acids is 1. The van der Waals surface area contributed by atoms with Crippen LogP contribution >= 0.6 is 0 Å². The van der Waals surface area contributed by atoms with Crippen LogP contribution in [0.2, 0.25) is 0 Å². The lowest BCUT2D eigenvalue weighted by Crippen LogP contribution is -2.22. The van der Waals surface area contributed by atoms with Crippen molar-refractivity contribution in [1.29, 1.82) is 0 Å². The SMILES string of the molecule is CCCCCC(=O)CCC1C(O)CC(O)C1CC=CCCCC(=O)O. The molecule has 4 unspecified atom stereocenters. The van der Waals surface area contributed by atoms with Crippen molar-refractivity contribution in [2.75, 3.05) is 0 Å². The number of carboxylic acids is 1. The number of aliphatic hydroxyl groups is 2. The maximum absolute atomic E-state index is 12.0. The second-order valence-corrected chi connectivity index (χ2v) is 7.23. The van der Waals surface area contributed by atoms with Crippen LogP contribution in [0.15, 0.2) is 12.2 Å². The van der Waals surface area contributed by atoms with Crippen molar-refractivity contribution in [3.63, 3.8) is 0 Å². The summed E-state index contributed by atoms with van der Waals surface area (Å²) in [6.07, 6.45) is 10.2. The molecule has 0 spiro atoms. The molecule has 0 amide bonds. The lowest BCUT2D eigenvalue weighted by atomic mass is 9.86. The van der Waals surface area contributed by atoms with Crippen LogP contribution in [-0.4, -0.2) is 39.3 Å². The van der Waals surface area contributed by atoms with Gasteiger partial charge in [0.1, 0.15) is 5.78 Å². The van der Waals surface area contributed by atoms with Crippen molar-refractivity contribution in [3.05, 3.63) is 12.2 Å². The molecule has 3 N–H and O–H groups in total. The Morgan fingerprint density at radius 1 is 0.960 bits per heavy atom. The van der Waals surface area contributed by atoms with Crippen LogP contribution in [0.5, 0.6) is 0 Å². The third-order valence-corrected chi connectivity index (χ3v) is 5.17. The Bertz CT molecular complexity index is 432. The molecule has 0 saturated heterocycles. The van der Waals surface area contributed by atoms with E-state index in [1.165, 1.54) is 0 Å². The number of aliphatic hydroxyl groups excluding tert-OH is 2. The number of allylic oxidation sites excluding steroid dienone is 2. The highest BCUT2D eigenvalue weighted by molar-refractivity contribution is 5.78. The smallest absolute Gasteiger partial charge is 0.303 e. The number of hydrogen-bond acceptors (Lipinski definition) is 4. The van der Waals surface area contributed by atoms with E-state index in [1.807, 2.05) is 12.2 Å². The predicted molar refractivity (Wildman–Crippen MR) is 97.2 cm³/mol. The molecule has 0 heterocycles. The lowest BCUT2D eigenvalue weighted by molar-refractivity contribution is -0.137. The Morgan fingerprint density at radius 2 is 1.68 bits per heavy atom. The molecule has 0 aliphatic heterocycles. The van der Waals surface area contributed by atoms with Gasteiger partial charge in [0.05, 0.1) is 12.2 Å². The van der Waals surface area contributed by atoms with Crippen LogP contribution in [0, 0.1) is 11.8 Å². The molecule has 1 fully saturated rings. The zero-order valence-corrected chi connectivity index (χ0v) is 15.4. The summed E-state index contributed by atoms with van der Waals surface area (Å²) in [6.45, 7) is 2.11. The fourth-order valence-electron chi connectivity index (χ4n) is 3.67. The third kappa shape index (κ3) is 8.63. The number of aliphatic carboxylic acids is 1. The number of rotatable bonds is 13. The van der Waals surface area contributed by atoms with Crippen LogP contribution in [0.4, 0.5) is 0 Å². The first-order valence-corrected chi connectivity index (χ1v) is 9.70. The summed E-state index contributed by atoms with van der Waals surface area (Å²) in [6, 6.07) is 0. The fourth-order valence-corrected chi connectivity index (χ4v) is 3.67. The first-order valence-electron chi connectivity index (χ1n) is 9.70. The van der Waals surface area contributed by atoms with Gasteiger partial charge in [-0.05, 0) is 50.4 Å². The van der Waals surface area contributed by atoms with Crippen LogP contribution in [0.25, 0.3) is 0 Å². The average Bonchev–Trinajstić information content (AvgIpc) is 2.82. The summed E-state index contributed by atoms with van der Waals surface area (Å²) in [5.74, 6) is -0.584. The molecule has 4 atom stereocenters. The highest BCUT2D eigenvalue weighted by Crippen LogP contribution is 2.38. The molecular weight excluding hydrogens is 320 g/mol. The van der Waals surface area contributed by atoms with Gasteiger partial charge in [0.15, 0.2) is 0 Å². The molecule has 5 nitrogen and oxygen atoms in total. The van der Waals surface area contributed by atoms with Crippen LogP contribution in [0.3, 0.4) is 0 Å². The van der Waals surface area contributed by atoms with Gasteiger partial charge in [0.2, 0.25) is 0 Å². The minimum absolute atomic E-state index is 0.0193. The van der Waals surface area contributed by atoms with E-state index in [0.29, 0.717) is 44.9 Å². The van der Waals surface area contributed by atoms with Crippen molar-refractivity contribution in [2.45, 2.75) is 89.8 Å². The summed E-state index contributed by atoms with van der Waals surface area (Å²) < 4.78 is 0. The largest absolute Gasteiger partial charge is 0.481 e. The number of ketones is 1. The van der Waals surface area contributed by atoms with Gasteiger partial charge in [-0.1, -0.05) is 31.9 Å². The van der Waals surface area contributed by atoms with Gasteiger partial charge in [-0.3, -0.25) is 9.59 Å². The van der Waals surface area contributed by atoms with Gasteiger partial charge >= 0.3 is 5.97 Å². The summed E-state index contributed by atoms with van der Waals surface area (Å²) in [4.78, 5) is 22.4. The lowest BCUT2D eigenvalue weighted by Gasteiger charge is -2.22. The molecule has 1 saturated carbocycles. The molecule has 5 heteroatoms. The van der Waals surface area contributed by atoms with Crippen molar-refractivity contribution < 1.29 is 24.9 Å². The van der Waals surface area contributed by atoms with Crippen molar-refractivity contribution in [2.24, 2.45) is 11.8 Å². The summed E-state index contributed by atoms with van der Waals surface area (Å²) in [7, 11) is 0. The molecule has 144 valence electrons. The van der Waals surface area contributed by atoms with E-state index in [0.717, 1.165) is 19.3 Å². The van der Waals surface area contributed by atoms with E-state index in [1.54, 1.807) is 0 Å². The third-order valence-electron chi connectivity index (χ3n) is 5.17. The highest BCUT2D eigenvalue weighted by Gasteiger charge is 2.40. The topological polar surface area (TPSA) is 94.8 Å². The van der Waals surface area contributed by atoms with Gasteiger partial charge < -0.3 is 15.3 Å². The number of carboxylic acid groups (broad SMARTS) is 1. The van der Waals surface area contributed by atoms with E-state index in [2.05, 4.69) is 6.92 Å². The van der Waals surface area contributed by atoms with E-state index in [9.17, 15) is 19.8 Å². The maximum Gasteiger partial charge on any atom is 0.303 e. The number of carbonyl (C=O) groups is 2. The normalized spacial score (nSPS) is 26.4. The number of hydrogen-bond donors (Lipinski definition) is 3. The molecule has 0 aromatic heterocycles. The average molecular weight is 354 g/mol. The number of unbranched alkanes of at least 4 members (excludes halogenated alkanes) is 3. The van der Waals surface area contributed by atoms with Gasteiger partial charge in [0.25, 0.3) is 0 Å². The Kier molecular flexibility index (Phi) is 10.7. The van der Waals surface area contributed by atoms with E-state index >= 15 is 0 Å². The van der Waals surface area contributed by atoms with E-state index in [-0.39, 0.29) is 24.0 Å². The van der Waals surface area contributed by atoms with Crippen molar-refractivity contribution >= 4 is 11.8 Å². The zero-order valence-electron chi connectivity index (χ0n) is 15.4. The van der Waals surface area contributed by atoms with Gasteiger partial charge in [-0.25, -0.2) is 0 Å². The zero-order chi connectivity index (χ0) is 18.7. The van der Waals surface area contributed by atoms with Crippen molar-refractivity contribution in [1.82, 2.24) is 0 Å². The number of Topliss-reactive ketones (excluding diaryl/α,β-unsaturated/α-hetero) is 1. The summed E-state index contributed by atoms with van der Waals surface area (Å²) in [5.41, 5.74) is 0. The quantitative estimate of drug-likeness (QED) is 0.348. The van der Waals surface area contributed by atoms with Gasteiger partial charge in [0, 0.05) is 19.3 Å². The Labute approximate surface area is 151 Å². The Balaban J connectivity index is 2.38. The molecule has 0 radical (unpaired) electrons. The molecule has 0 aromatic carbocycles. The summed E-state index contributed by atoms with van der Waals surface area (Å²) in [5, 5.41) is 29.0. The molecular formula is C20H34O5. The molecule has 1 rings (SSSR count). The molecule has 25 heavy (non-hydrogen) atoms. The summed E-state index contributed by atoms with van der Waals surface area (Å²) >= 11 is 0. The Morgan fingerprint density at radius 3 is 2.36 bits per heavy atom. The van der Waals surface area contributed by atoms with Gasteiger partial charge in [-0.15, -0.1) is 0 Å². The van der Waals surface area contributed by atoms with Crippen LogP contribution in [-0.2, 0) is 9.59 Å². The predicted octanol–water partition coefficient (Wildman–Crippen LogP) is 3.48. The van der Waals surface area contributed by atoms with Gasteiger partial charge in [-0.2, -0.15) is 0 Å². The molecule has 0 bridgehead atoms. The van der Waals surface area contributed by atoms with Crippen molar-refractivity contribution in [3.8, 4) is 0 Å².